The van der Waals surface area contributed by atoms with E-state index in [0.717, 1.165) is 0 Å². The van der Waals surface area contributed by atoms with Crippen LogP contribution in [0.3, 0.4) is 0 Å². The van der Waals surface area contributed by atoms with Crippen molar-refractivity contribution in [3.63, 3.8) is 0 Å². The summed E-state index contributed by atoms with van der Waals surface area (Å²) in [5, 5.41) is 0. The van der Waals surface area contributed by atoms with Crippen LogP contribution in [0.1, 0.15) is 13.3 Å². The van der Waals surface area contributed by atoms with Gasteiger partial charge in [0.05, 0.1) is 6.61 Å². The van der Waals surface area contributed by atoms with Crippen molar-refractivity contribution in [3.05, 3.63) is 0 Å². The molecule has 0 aliphatic carbocycles. The van der Waals surface area contributed by atoms with Gasteiger partial charge in [0.2, 0.25) is 0 Å². The van der Waals surface area contributed by atoms with E-state index >= 15 is 0 Å². The van der Waals surface area contributed by atoms with Gasteiger partial charge >= 0.3 is 10.8 Å². The van der Waals surface area contributed by atoms with Gasteiger partial charge in [-0.15, -0.1) is 0 Å². The van der Waals surface area contributed by atoms with Gasteiger partial charge in [0.25, 0.3) is 0 Å². The topological polar surface area (TPSA) is 26.3 Å². The molecule has 0 aliphatic heterocycles. The first-order valence-electron chi connectivity index (χ1n) is 2.68. The molecule has 0 saturated carbocycles. The highest BCUT2D eigenvalue weighted by molar-refractivity contribution is 9.10. The van der Waals surface area contributed by atoms with Gasteiger partial charge in [-0.2, -0.15) is 8.78 Å². The van der Waals surface area contributed by atoms with Gasteiger partial charge in [-0.25, -0.2) is 0 Å². The van der Waals surface area contributed by atoms with E-state index in [1.54, 1.807) is 6.92 Å². The Morgan fingerprint density at radius 1 is 1.70 bits per heavy atom. The SMILES string of the molecule is CCOC(=O)CC(F)(F)Br. The Morgan fingerprint density at radius 3 is 2.50 bits per heavy atom. The fourth-order valence-corrected chi connectivity index (χ4v) is 0.605. The molecule has 0 aromatic carbocycles. The summed E-state index contributed by atoms with van der Waals surface area (Å²) >= 11 is 2.01. The van der Waals surface area contributed by atoms with E-state index in [4.69, 9.17) is 0 Å². The van der Waals surface area contributed by atoms with Gasteiger partial charge < -0.3 is 4.74 Å². The third-order valence-electron chi connectivity index (χ3n) is 0.650. The van der Waals surface area contributed by atoms with Crippen LogP contribution in [-0.4, -0.2) is 17.4 Å². The minimum absolute atomic E-state index is 0.127. The quantitative estimate of drug-likeness (QED) is 0.533. The lowest BCUT2D eigenvalue weighted by Crippen LogP contribution is -2.15. The number of carbonyl (C=O) groups is 1. The molecule has 2 nitrogen and oxygen atoms in total. The molecule has 0 aliphatic rings. The van der Waals surface area contributed by atoms with Gasteiger partial charge in [0.15, 0.2) is 0 Å². The Labute approximate surface area is 65.7 Å². The van der Waals surface area contributed by atoms with Crippen molar-refractivity contribution < 1.29 is 18.3 Å². The minimum atomic E-state index is -3.14. The molecule has 0 spiro atoms. The zero-order valence-electron chi connectivity index (χ0n) is 5.36. The molecular formula is C5H7BrF2O2. The van der Waals surface area contributed by atoms with Crippen LogP contribution < -0.4 is 0 Å². The Kier molecular flexibility index (Phi) is 3.78. The van der Waals surface area contributed by atoms with Crippen molar-refractivity contribution >= 4 is 21.9 Å². The third-order valence-corrected chi connectivity index (χ3v) is 0.930. The Balaban J connectivity index is 3.58. The maximum absolute atomic E-state index is 11.9. The van der Waals surface area contributed by atoms with E-state index < -0.39 is 17.2 Å². The highest BCUT2D eigenvalue weighted by atomic mass is 79.9. The van der Waals surface area contributed by atoms with E-state index in [9.17, 15) is 13.6 Å². The summed E-state index contributed by atoms with van der Waals surface area (Å²) in [6.07, 6.45) is -0.916. The molecule has 0 bridgehead atoms. The first kappa shape index (κ1) is 9.81. The first-order chi connectivity index (χ1) is 4.45. The van der Waals surface area contributed by atoms with Gasteiger partial charge in [-0.05, 0) is 22.9 Å². The summed E-state index contributed by atoms with van der Waals surface area (Å²) in [7, 11) is 0. The van der Waals surface area contributed by atoms with Crippen LogP contribution in [0, 0.1) is 0 Å². The Morgan fingerprint density at radius 2 is 2.20 bits per heavy atom. The second-order valence-corrected chi connectivity index (χ2v) is 2.76. The molecule has 5 heteroatoms. The van der Waals surface area contributed by atoms with Crippen molar-refractivity contribution in [1.29, 1.82) is 0 Å². The van der Waals surface area contributed by atoms with Crippen LogP contribution in [0.4, 0.5) is 8.78 Å². The second kappa shape index (κ2) is 3.85. The third kappa shape index (κ3) is 5.94. The molecule has 0 aromatic rings. The summed E-state index contributed by atoms with van der Waals surface area (Å²) in [6, 6.07) is 0. The molecule has 0 fully saturated rings. The highest BCUT2D eigenvalue weighted by Gasteiger charge is 2.28. The first-order valence-corrected chi connectivity index (χ1v) is 3.47. The lowest BCUT2D eigenvalue weighted by Gasteiger charge is -2.05. The summed E-state index contributed by atoms with van der Waals surface area (Å²) in [5.41, 5.74) is 0. The van der Waals surface area contributed by atoms with E-state index in [-0.39, 0.29) is 6.61 Å². The zero-order valence-corrected chi connectivity index (χ0v) is 6.95. The summed E-state index contributed by atoms with van der Waals surface area (Å²) in [5.74, 6) is -0.899. The van der Waals surface area contributed by atoms with Crippen molar-refractivity contribution in [3.8, 4) is 0 Å². The summed E-state index contributed by atoms with van der Waals surface area (Å²) < 4.78 is 28.1. The molecule has 0 N–H and O–H groups in total. The molecular weight excluding hydrogens is 210 g/mol. The average Bonchev–Trinajstić information content (AvgIpc) is 1.59. The molecule has 60 valence electrons. The van der Waals surface area contributed by atoms with Crippen LogP contribution in [-0.2, 0) is 9.53 Å². The monoisotopic (exact) mass is 216 g/mol. The number of halogens is 3. The molecule has 0 radical (unpaired) electrons. The maximum atomic E-state index is 11.9. The van der Waals surface area contributed by atoms with Crippen molar-refractivity contribution in [2.75, 3.05) is 6.61 Å². The number of hydrogen-bond acceptors (Lipinski definition) is 2. The van der Waals surface area contributed by atoms with Gasteiger partial charge in [0.1, 0.15) is 6.42 Å². The van der Waals surface area contributed by atoms with Crippen molar-refractivity contribution in [1.82, 2.24) is 0 Å². The standard InChI is InChI=1S/C5H7BrF2O2/c1-2-10-4(9)3-5(6,7)8/h2-3H2,1H3. The molecule has 0 aromatic heterocycles. The number of esters is 1. The number of carbonyl (C=O) groups excluding carboxylic acids is 1. The minimum Gasteiger partial charge on any atom is -0.466 e. The average molecular weight is 217 g/mol. The highest BCUT2D eigenvalue weighted by Crippen LogP contribution is 2.25. The van der Waals surface area contributed by atoms with Crippen molar-refractivity contribution in [2.45, 2.75) is 18.2 Å². The smallest absolute Gasteiger partial charge is 0.312 e. The largest absolute Gasteiger partial charge is 0.466 e. The van der Waals surface area contributed by atoms with Gasteiger partial charge in [-0.1, -0.05) is 0 Å². The van der Waals surface area contributed by atoms with Gasteiger partial charge in [-0.3, -0.25) is 4.79 Å². The molecule has 0 atom stereocenters. The fraction of sp³-hybridized carbons (Fsp3) is 0.800. The number of ether oxygens (including phenoxy) is 1. The Bertz CT molecular complexity index is 121. The van der Waals surface area contributed by atoms with Gasteiger partial charge in [0, 0.05) is 0 Å². The molecule has 0 heterocycles. The summed E-state index contributed by atoms with van der Waals surface area (Å²) in [4.78, 5) is 7.19. The predicted octanol–water partition coefficient (Wildman–Crippen LogP) is 1.93. The van der Waals surface area contributed by atoms with Crippen LogP contribution in [0.25, 0.3) is 0 Å². The number of hydrogen-bond donors (Lipinski definition) is 0. The van der Waals surface area contributed by atoms with E-state index in [2.05, 4.69) is 4.74 Å². The predicted molar refractivity (Wildman–Crippen MR) is 35.1 cm³/mol. The lowest BCUT2D eigenvalue weighted by atomic mass is 10.4. The van der Waals surface area contributed by atoms with Crippen LogP contribution in [0.15, 0.2) is 0 Å². The molecule has 0 rings (SSSR count). The number of rotatable bonds is 3. The second-order valence-electron chi connectivity index (χ2n) is 1.60. The van der Waals surface area contributed by atoms with E-state index in [1.807, 2.05) is 15.9 Å². The number of alkyl halides is 3. The van der Waals surface area contributed by atoms with E-state index in [1.165, 1.54) is 0 Å². The van der Waals surface area contributed by atoms with Crippen LogP contribution in [0.2, 0.25) is 0 Å². The fourth-order valence-electron chi connectivity index (χ4n) is 0.376. The maximum Gasteiger partial charge on any atom is 0.312 e. The molecule has 0 unspecified atom stereocenters. The summed E-state index contributed by atoms with van der Waals surface area (Å²) in [6.45, 7) is 1.69. The normalized spacial score (nSPS) is 11.2. The zero-order chi connectivity index (χ0) is 8.20. The van der Waals surface area contributed by atoms with Crippen LogP contribution >= 0.6 is 15.9 Å². The van der Waals surface area contributed by atoms with Crippen LogP contribution in [0.5, 0.6) is 0 Å². The Hall–Kier alpha value is -0.190. The molecule has 0 amide bonds. The molecule has 10 heavy (non-hydrogen) atoms. The van der Waals surface area contributed by atoms with E-state index in [0.29, 0.717) is 0 Å². The molecule has 0 saturated heterocycles. The van der Waals surface area contributed by atoms with Crippen molar-refractivity contribution in [2.24, 2.45) is 0 Å². The lowest BCUT2D eigenvalue weighted by molar-refractivity contribution is -0.146.